The van der Waals surface area contributed by atoms with Crippen molar-refractivity contribution in [1.82, 2.24) is 10.2 Å². The first-order valence-electron chi connectivity index (χ1n) is 9.85. The van der Waals surface area contributed by atoms with Crippen LogP contribution in [-0.4, -0.2) is 27.9 Å². The number of benzene rings is 3. The molecule has 31 heavy (non-hydrogen) atoms. The van der Waals surface area contributed by atoms with Gasteiger partial charge < -0.3 is 9.84 Å². The highest BCUT2D eigenvalue weighted by Gasteiger charge is 2.16. The molecule has 0 bridgehead atoms. The Balaban J connectivity index is 1.66. The quantitative estimate of drug-likeness (QED) is 0.412. The first-order valence-corrected chi connectivity index (χ1v) is 9.85. The summed E-state index contributed by atoms with van der Waals surface area (Å²) in [4.78, 5) is 10.9. The normalized spacial score (nSPS) is 11.0. The average molecular weight is 422 g/mol. The molecule has 4 aromatic rings. The maximum Gasteiger partial charge on any atom is 0.303 e. The van der Waals surface area contributed by atoms with Crippen LogP contribution in [0.2, 0.25) is 0 Å². The van der Waals surface area contributed by atoms with Gasteiger partial charge in [0.1, 0.15) is 5.82 Å². The van der Waals surface area contributed by atoms with E-state index < -0.39 is 11.8 Å². The fraction of sp³-hybridized carbons (Fsp3) is 0.167. The number of carbonyl (C=O) groups is 1. The minimum atomic E-state index is -0.952. The SMILES string of the molecule is O=C(O)CCc1cc(F)c(OCCc2ccccc2F)c(-c2ccc3[nH]ncc3c2)c1. The lowest BCUT2D eigenvalue weighted by Crippen LogP contribution is -2.06. The van der Waals surface area contributed by atoms with Gasteiger partial charge >= 0.3 is 5.97 Å². The van der Waals surface area contributed by atoms with Crippen LogP contribution >= 0.6 is 0 Å². The fourth-order valence-electron chi connectivity index (χ4n) is 3.48. The second kappa shape index (κ2) is 8.95. The number of rotatable bonds is 8. The zero-order valence-electron chi connectivity index (χ0n) is 16.6. The van der Waals surface area contributed by atoms with Crippen molar-refractivity contribution in [3.63, 3.8) is 0 Å². The zero-order chi connectivity index (χ0) is 21.8. The van der Waals surface area contributed by atoms with E-state index in [1.807, 2.05) is 18.2 Å². The van der Waals surface area contributed by atoms with Crippen molar-refractivity contribution in [1.29, 1.82) is 0 Å². The van der Waals surface area contributed by atoms with E-state index >= 15 is 4.39 Å². The lowest BCUT2D eigenvalue weighted by atomic mass is 9.98. The molecule has 0 amide bonds. The number of aliphatic carboxylic acids is 1. The fourth-order valence-corrected chi connectivity index (χ4v) is 3.48. The van der Waals surface area contributed by atoms with Crippen molar-refractivity contribution in [2.24, 2.45) is 0 Å². The third kappa shape index (κ3) is 4.71. The number of nitrogens with one attached hydrogen (secondary N) is 1. The Kier molecular flexibility index (Phi) is 5.93. The number of aromatic nitrogens is 2. The van der Waals surface area contributed by atoms with Crippen LogP contribution in [0.15, 0.2) is 60.8 Å². The molecule has 1 aromatic heterocycles. The number of H-pyrrole nitrogens is 1. The molecule has 7 heteroatoms. The van der Waals surface area contributed by atoms with Gasteiger partial charge in [-0.2, -0.15) is 5.10 Å². The molecule has 4 rings (SSSR count). The number of aromatic amines is 1. The Morgan fingerprint density at radius 1 is 1.03 bits per heavy atom. The van der Waals surface area contributed by atoms with Crippen molar-refractivity contribution in [2.75, 3.05) is 6.61 Å². The van der Waals surface area contributed by atoms with E-state index in [1.54, 1.807) is 30.5 Å². The molecule has 0 radical (unpaired) electrons. The molecule has 0 spiro atoms. The molecule has 0 aliphatic carbocycles. The van der Waals surface area contributed by atoms with Gasteiger partial charge in [-0.1, -0.05) is 24.3 Å². The minimum Gasteiger partial charge on any atom is -0.490 e. The molecule has 0 aliphatic heterocycles. The van der Waals surface area contributed by atoms with Crippen molar-refractivity contribution >= 4 is 16.9 Å². The molecular formula is C24H20F2N2O3. The standard InChI is InChI=1S/C24H20F2N2O3/c25-20-4-2-1-3-16(20)9-10-31-24-19(11-15(12-21(24)26)5-8-23(29)30)17-6-7-22-18(13-17)14-27-28-22/h1-4,6-7,11-14H,5,8-10H2,(H,27,28)(H,29,30). The number of aryl methyl sites for hydroxylation is 1. The van der Waals surface area contributed by atoms with Gasteiger partial charge in [-0.15, -0.1) is 0 Å². The van der Waals surface area contributed by atoms with Gasteiger partial charge in [0.2, 0.25) is 0 Å². The molecule has 0 aliphatic rings. The molecule has 158 valence electrons. The van der Waals surface area contributed by atoms with Crippen LogP contribution in [0.4, 0.5) is 8.78 Å². The Hall–Kier alpha value is -3.74. The topological polar surface area (TPSA) is 75.2 Å². The lowest BCUT2D eigenvalue weighted by molar-refractivity contribution is -0.136. The molecule has 0 unspecified atom stereocenters. The van der Waals surface area contributed by atoms with Crippen molar-refractivity contribution in [3.8, 4) is 16.9 Å². The van der Waals surface area contributed by atoms with Crippen LogP contribution < -0.4 is 4.74 Å². The highest BCUT2D eigenvalue weighted by atomic mass is 19.1. The molecule has 2 N–H and O–H groups in total. The van der Waals surface area contributed by atoms with Gasteiger partial charge in [-0.3, -0.25) is 9.89 Å². The zero-order valence-corrected chi connectivity index (χ0v) is 16.6. The average Bonchev–Trinajstić information content (AvgIpc) is 3.22. The highest BCUT2D eigenvalue weighted by molar-refractivity contribution is 5.85. The predicted octanol–water partition coefficient (Wildman–Crippen LogP) is 5.15. The largest absolute Gasteiger partial charge is 0.490 e. The summed E-state index contributed by atoms with van der Waals surface area (Å²) in [7, 11) is 0. The third-order valence-electron chi connectivity index (χ3n) is 5.06. The number of hydrogen-bond donors (Lipinski definition) is 2. The van der Waals surface area contributed by atoms with E-state index in [0.717, 1.165) is 10.9 Å². The molecular weight excluding hydrogens is 402 g/mol. The van der Waals surface area contributed by atoms with Crippen LogP contribution in [0.25, 0.3) is 22.0 Å². The highest BCUT2D eigenvalue weighted by Crippen LogP contribution is 2.35. The molecule has 1 heterocycles. The summed E-state index contributed by atoms with van der Waals surface area (Å²) < 4.78 is 34.7. The van der Waals surface area contributed by atoms with E-state index in [9.17, 15) is 9.18 Å². The molecule has 0 saturated heterocycles. The van der Waals surface area contributed by atoms with Crippen molar-refractivity contribution in [3.05, 3.63) is 83.6 Å². The van der Waals surface area contributed by atoms with E-state index in [4.69, 9.17) is 9.84 Å². The van der Waals surface area contributed by atoms with E-state index in [2.05, 4.69) is 10.2 Å². The molecule has 5 nitrogen and oxygen atoms in total. The smallest absolute Gasteiger partial charge is 0.303 e. The molecule has 0 fully saturated rings. The van der Waals surface area contributed by atoms with Crippen LogP contribution in [-0.2, 0) is 17.6 Å². The summed E-state index contributed by atoms with van der Waals surface area (Å²) in [5, 5.41) is 16.7. The van der Waals surface area contributed by atoms with Crippen LogP contribution in [0.3, 0.4) is 0 Å². The summed E-state index contributed by atoms with van der Waals surface area (Å²) in [5.74, 6) is -1.81. The van der Waals surface area contributed by atoms with Crippen LogP contribution in [0.1, 0.15) is 17.5 Å². The van der Waals surface area contributed by atoms with Gasteiger partial charge in [-0.25, -0.2) is 8.78 Å². The molecule has 3 aromatic carbocycles. The Bertz CT molecular complexity index is 1240. The maximum absolute atomic E-state index is 15.0. The number of carboxylic acid groups (broad SMARTS) is 1. The minimum absolute atomic E-state index is 0.0539. The van der Waals surface area contributed by atoms with Gasteiger partial charge in [0.25, 0.3) is 0 Å². The second-order valence-electron chi connectivity index (χ2n) is 7.21. The van der Waals surface area contributed by atoms with Crippen molar-refractivity contribution < 1.29 is 23.4 Å². The summed E-state index contributed by atoms with van der Waals surface area (Å²) >= 11 is 0. The first kappa shape index (κ1) is 20.5. The number of nitrogens with zero attached hydrogens (tertiary/aromatic N) is 1. The van der Waals surface area contributed by atoms with Gasteiger partial charge in [-0.05, 0) is 53.4 Å². The number of fused-ring (bicyclic) bond motifs is 1. The lowest BCUT2D eigenvalue weighted by Gasteiger charge is -2.15. The number of hydrogen-bond acceptors (Lipinski definition) is 3. The van der Waals surface area contributed by atoms with Crippen molar-refractivity contribution in [2.45, 2.75) is 19.3 Å². The summed E-state index contributed by atoms with van der Waals surface area (Å²) in [6.45, 7) is 0.0906. The third-order valence-corrected chi connectivity index (χ3v) is 5.06. The molecule has 0 saturated carbocycles. The van der Waals surface area contributed by atoms with Gasteiger partial charge in [0.05, 0.1) is 18.3 Å². The number of ether oxygens (including phenoxy) is 1. The van der Waals surface area contributed by atoms with E-state index in [-0.39, 0.29) is 37.4 Å². The predicted molar refractivity (Wildman–Crippen MR) is 113 cm³/mol. The summed E-state index contributed by atoms with van der Waals surface area (Å²) in [6.07, 6.45) is 2.05. The molecule has 0 atom stereocenters. The monoisotopic (exact) mass is 422 g/mol. The van der Waals surface area contributed by atoms with Crippen LogP contribution in [0, 0.1) is 11.6 Å². The Morgan fingerprint density at radius 2 is 1.87 bits per heavy atom. The summed E-state index contributed by atoms with van der Waals surface area (Å²) in [6, 6.07) is 14.9. The number of carboxylic acids is 1. The second-order valence-corrected chi connectivity index (χ2v) is 7.21. The Labute approximate surface area is 177 Å². The summed E-state index contributed by atoms with van der Waals surface area (Å²) in [5.41, 5.74) is 3.11. The van der Waals surface area contributed by atoms with Gasteiger partial charge in [0.15, 0.2) is 11.6 Å². The van der Waals surface area contributed by atoms with E-state index in [1.165, 1.54) is 12.1 Å². The Morgan fingerprint density at radius 3 is 2.68 bits per heavy atom. The van der Waals surface area contributed by atoms with Gasteiger partial charge in [0, 0.05) is 23.8 Å². The van der Waals surface area contributed by atoms with E-state index in [0.29, 0.717) is 22.3 Å². The number of halogens is 2. The maximum atomic E-state index is 15.0. The van der Waals surface area contributed by atoms with Crippen LogP contribution in [0.5, 0.6) is 5.75 Å². The first-order chi connectivity index (χ1) is 15.0.